The second kappa shape index (κ2) is 5.24. The van der Waals surface area contributed by atoms with E-state index >= 15 is 0 Å². The Balaban J connectivity index is 2.27. The largest absolute Gasteiger partial charge is 0.496 e. The van der Waals surface area contributed by atoms with Gasteiger partial charge in [0, 0.05) is 12.4 Å². The van der Waals surface area contributed by atoms with Crippen molar-refractivity contribution in [3.8, 4) is 28.1 Å². The summed E-state index contributed by atoms with van der Waals surface area (Å²) >= 11 is 0. The number of nitrogens with one attached hydrogen (secondary N) is 1. The van der Waals surface area contributed by atoms with Crippen molar-refractivity contribution in [2.45, 2.75) is 0 Å². The summed E-state index contributed by atoms with van der Waals surface area (Å²) < 4.78 is 19.5. The number of aromatic amines is 1. The molecular formula is C15H13FN4O. The van der Waals surface area contributed by atoms with Crippen molar-refractivity contribution in [3.05, 3.63) is 48.5 Å². The first-order chi connectivity index (χ1) is 10.2. The molecule has 0 saturated heterocycles. The van der Waals surface area contributed by atoms with Crippen LogP contribution < -0.4 is 10.5 Å². The fourth-order valence-electron chi connectivity index (χ4n) is 2.26. The molecule has 106 valence electrons. The first kappa shape index (κ1) is 13.1. The molecule has 1 aromatic carbocycles. The highest BCUT2D eigenvalue weighted by Gasteiger charge is 2.20. The van der Waals surface area contributed by atoms with Crippen LogP contribution in [0.25, 0.3) is 22.4 Å². The highest BCUT2D eigenvalue weighted by molar-refractivity contribution is 5.89. The molecule has 3 rings (SSSR count). The molecule has 6 heteroatoms. The Kier molecular flexibility index (Phi) is 3.27. The Hall–Kier alpha value is -2.89. The Morgan fingerprint density at radius 1 is 1.14 bits per heavy atom. The lowest BCUT2D eigenvalue weighted by Gasteiger charge is -2.10. The van der Waals surface area contributed by atoms with Gasteiger partial charge >= 0.3 is 0 Å². The van der Waals surface area contributed by atoms with Crippen LogP contribution in [0.4, 0.5) is 10.2 Å². The van der Waals surface area contributed by atoms with Crippen LogP contribution >= 0.6 is 0 Å². The van der Waals surface area contributed by atoms with E-state index in [0.29, 0.717) is 28.4 Å². The summed E-state index contributed by atoms with van der Waals surface area (Å²) in [6.07, 6.45) is 3.29. The van der Waals surface area contributed by atoms with Crippen molar-refractivity contribution in [1.29, 1.82) is 0 Å². The van der Waals surface area contributed by atoms with Gasteiger partial charge in [-0.1, -0.05) is 6.07 Å². The summed E-state index contributed by atoms with van der Waals surface area (Å²) in [5, 5.41) is 6.78. The maximum absolute atomic E-state index is 14.2. The molecule has 0 bridgehead atoms. The van der Waals surface area contributed by atoms with E-state index in [4.69, 9.17) is 10.5 Å². The minimum Gasteiger partial charge on any atom is -0.496 e. The maximum atomic E-state index is 14.2. The van der Waals surface area contributed by atoms with Crippen molar-refractivity contribution in [3.63, 3.8) is 0 Å². The second-order valence-electron chi connectivity index (χ2n) is 4.41. The number of benzene rings is 1. The lowest BCUT2D eigenvalue weighted by Crippen LogP contribution is -1.94. The third-order valence-corrected chi connectivity index (χ3v) is 3.21. The van der Waals surface area contributed by atoms with Gasteiger partial charge in [-0.3, -0.25) is 10.1 Å². The number of halogens is 1. The number of nitrogens with two attached hydrogens (primary N) is 1. The van der Waals surface area contributed by atoms with Gasteiger partial charge in [-0.15, -0.1) is 0 Å². The van der Waals surface area contributed by atoms with E-state index in [-0.39, 0.29) is 0 Å². The van der Waals surface area contributed by atoms with Gasteiger partial charge in [0.2, 0.25) is 0 Å². The van der Waals surface area contributed by atoms with Crippen LogP contribution in [-0.2, 0) is 0 Å². The minimum atomic E-state index is -0.409. The van der Waals surface area contributed by atoms with Crippen molar-refractivity contribution in [2.24, 2.45) is 0 Å². The molecule has 3 N–H and O–H groups in total. The molecule has 0 atom stereocenters. The third kappa shape index (κ3) is 2.20. The van der Waals surface area contributed by atoms with Crippen LogP contribution in [0.5, 0.6) is 5.75 Å². The van der Waals surface area contributed by atoms with E-state index in [1.54, 1.807) is 36.7 Å². The molecule has 0 saturated carbocycles. The Morgan fingerprint density at radius 3 is 2.62 bits per heavy atom. The predicted octanol–water partition coefficient (Wildman–Crippen LogP) is 2.87. The molecule has 0 spiro atoms. The number of rotatable bonds is 3. The summed E-state index contributed by atoms with van der Waals surface area (Å²) in [4.78, 5) is 3.97. The number of hydrogen-bond donors (Lipinski definition) is 2. The van der Waals surface area contributed by atoms with Crippen LogP contribution in [0.2, 0.25) is 0 Å². The minimum absolute atomic E-state index is 0.293. The molecule has 21 heavy (non-hydrogen) atoms. The van der Waals surface area contributed by atoms with Crippen molar-refractivity contribution in [2.75, 3.05) is 12.8 Å². The normalized spacial score (nSPS) is 10.6. The fraction of sp³-hybridized carbons (Fsp3) is 0.0667. The van der Waals surface area contributed by atoms with Gasteiger partial charge in [-0.05, 0) is 29.8 Å². The molecule has 0 aliphatic carbocycles. The Labute approximate surface area is 120 Å². The SMILES string of the molecule is COc1cccc(F)c1-c1[nH]nc(N)c1-c1ccncc1. The summed E-state index contributed by atoms with van der Waals surface area (Å²) in [5.74, 6) is 0.295. The number of nitrogens with zero attached hydrogens (tertiary/aromatic N) is 2. The van der Waals surface area contributed by atoms with Crippen LogP contribution in [0.3, 0.4) is 0 Å². The van der Waals surface area contributed by atoms with Gasteiger partial charge < -0.3 is 10.5 Å². The van der Waals surface area contributed by atoms with Crippen LogP contribution in [0.15, 0.2) is 42.7 Å². The van der Waals surface area contributed by atoms with E-state index in [1.165, 1.54) is 13.2 Å². The number of nitrogen functional groups attached to an aromatic ring is 1. The van der Waals surface area contributed by atoms with Gasteiger partial charge in [-0.25, -0.2) is 4.39 Å². The number of methoxy groups -OCH3 is 1. The molecule has 0 amide bonds. The molecular weight excluding hydrogens is 271 g/mol. The van der Waals surface area contributed by atoms with Gasteiger partial charge in [0.05, 0.1) is 23.9 Å². The summed E-state index contributed by atoms with van der Waals surface area (Å²) in [6.45, 7) is 0. The fourth-order valence-corrected chi connectivity index (χ4v) is 2.26. The molecule has 3 aromatic rings. The van der Waals surface area contributed by atoms with Crippen LogP contribution in [0, 0.1) is 5.82 Å². The van der Waals surface area contributed by atoms with Crippen molar-refractivity contribution < 1.29 is 9.13 Å². The summed E-state index contributed by atoms with van der Waals surface area (Å²) in [5.41, 5.74) is 8.14. The average Bonchev–Trinajstić information content (AvgIpc) is 2.89. The highest BCUT2D eigenvalue weighted by atomic mass is 19.1. The van der Waals surface area contributed by atoms with Gasteiger partial charge in [-0.2, -0.15) is 5.10 Å². The zero-order valence-corrected chi connectivity index (χ0v) is 11.3. The molecule has 5 nitrogen and oxygen atoms in total. The van der Waals surface area contributed by atoms with E-state index in [2.05, 4.69) is 15.2 Å². The average molecular weight is 284 g/mol. The molecule has 0 unspecified atom stereocenters. The topological polar surface area (TPSA) is 76.8 Å². The number of hydrogen-bond acceptors (Lipinski definition) is 4. The predicted molar refractivity (Wildman–Crippen MR) is 78.2 cm³/mol. The smallest absolute Gasteiger partial charge is 0.153 e. The lowest BCUT2D eigenvalue weighted by molar-refractivity contribution is 0.413. The third-order valence-electron chi connectivity index (χ3n) is 3.21. The van der Waals surface area contributed by atoms with Crippen LogP contribution in [-0.4, -0.2) is 22.3 Å². The number of anilines is 1. The van der Waals surface area contributed by atoms with Gasteiger partial charge in [0.25, 0.3) is 0 Å². The Bertz CT molecular complexity index is 771. The first-order valence-electron chi connectivity index (χ1n) is 6.29. The van der Waals surface area contributed by atoms with E-state index < -0.39 is 5.82 Å². The molecule has 2 heterocycles. The summed E-state index contributed by atoms with van der Waals surface area (Å²) in [7, 11) is 1.49. The molecule has 0 radical (unpaired) electrons. The highest BCUT2D eigenvalue weighted by Crippen LogP contribution is 2.39. The number of ether oxygens (including phenoxy) is 1. The molecule has 0 aliphatic heterocycles. The van der Waals surface area contributed by atoms with Crippen molar-refractivity contribution in [1.82, 2.24) is 15.2 Å². The number of aromatic nitrogens is 3. The molecule has 0 aliphatic rings. The number of pyridine rings is 1. The Morgan fingerprint density at radius 2 is 1.90 bits per heavy atom. The monoisotopic (exact) mass is 284 g/mol. The lowest BCUT2D eigenvalue weighted by atomic mass is 10.0. The summed E-state index contributed by atoms with van der Waals surface area (Å²) in [6, 6.07) is 8.22. The van der Waals surface area contributed by atoms with E-state index in [0.717, 1.165) is 5.56 Å². The number of H-pyrrole nitrogens is 1. The van der Waals surface area contributed by atoms with Crippen molar-refractivity contribution >= 4 is 5.82 Å². The maximum Gasteiger partial charge on any atom is 0.153 e. The molecule has 2 aromatic heterocycles. The zero-order valence-electron chi connectivity index (χ0n) is 11.3. The standard InChI is InChI=1S/C15H13FN4O/c1-21-11-4-2-3-10(16)13(11)14-12(15(17)20-19-14)9-5-7-18-8-6-9/h2-8H,1H3,(H3,17,19,20). The van der Waals surface area contributed by atoms with Gasteiger partial charge in [0.1, 0.15) is 11.6 Å². The van der Waals surface area contributed by atoms with E-state index in [9.17, 15) is 4.39 Å². The van der Waals surface area contributed by atoms with Gasteiger partial charge in [0.15, 0.2) is 5.82 Å². The zero-order chi connectivity index (χ0) is 14.8. The van der Waals surface area contributed by atoms with E-state index in [1.807, 2.05) is 0 Å². The second-order valence-corrected chi connectivity index (χ2v) is 4.41. The molecule has 0 fully saturated rings. The quantitative estimate of drug-likeness (QED) is 0.775. The van der Waals surface area contributed by atoms with Crippen LogP contribution in [0.1, 0.15) is 0 Å². The first-order valence-corrected chi connectivity index (χ1v) is 6.29.